The van der Waals surface area contributed by atoms with Crippen LogP contribution in [-0.2, 0) is 4.57 Å². The number of benzene rings is 1. The van der Waals surface area contributed by atoms with E-state index in [4.69, 9.17) is 4.74 Å². The van der Waals surface area contributed by atoms with Crippen molar-refractivity contribution >= 4 is 18.1 Å². The fourth-order valence-electron chi connectivity index (χ4n) is 1.24. The molecule has 0 saturated carbocycles. The van der Waals surface area contributed by atoms with Gasteiger partial charge in [-0.15, -0.1) is 4.91 Å². The number of rotatable bonds is 5. The Bertz CT molecular complexity index is 470. The van der Waals surface area contributed by atoms with Crippen LogP contribution in [0.1, 0.15) is 0 Å². The van der Waals surface area contributed by atoms with Gasteiger partial charge in [-0.1, -0.05) is 13.2 Å². The second kappa shape index (κ2) is 4.90. The van der Waals surface area contributed by atoms with Gasteiger partial charge in [-0.3, -0.25) is 0 Å². The van der Waals surface area contributed by atoms with Crippen molar-refractivity contribution in [3.05, 3.63) is 47.9 Å². The molecule has 0 heterocycles. The summed E-state index contributed by atoms with van der Waals surface area (Å²) in [4.78, 5) is 10.4. The second-order valence-electron chi connectivity index (χ2n) is 3.02. The van der Waals surface area contributed by atoms with Crippen LogP contribution in [0.25, 0.3) is 0 Å². The molecule has 16 heavy (non-hydrogen) atoms. The number of methoxy groups -OCH3 is 1. The first-order valence-electron chi connectivity index (χ1n) is 4.50. The molecule has 0 aliphatic carbocycles. The van der Waals surface area contributed by atoms with E-state index in [1.165, 1.54) is 30.9 Å². The third kappa shape index (κ3) is 2.12. The van der Waals surface area contributed by atoms with Gasteiger partial charge in [0.2, 0.25) is 0 Å². The van der Waals surface area contributed by atoms with E-state index in [1.54, 1.807) is 6.07 Å². The van der Waals surface area contributed by atoms with Gasteiger partial charge in [-0.05, 0) is 35.0 Å². The molecule has 0 aromatic heterocycles. The summed E-state index contributed by atoms with van der Waals surface area (Å²) in [5.74, 6) is 2.99. The number of ether oxygens (including phenoxy) is 1. The zero-order chi connectivity index (χ0) is 12.2. The average molecular weight is 237 g/mol. The lowest BCUT2D eigenvalue weighted by Crippen LogP contribution is -2.01. The van der Waals surface area contributed by atoms with Gasteiger partial charge in [0, 0.05) is 5.30 Å². The molecule has 4 nitrogen and oxygen atoms in total. The molecule has 0 unspecified atom stereocenters. The molecule has 0 radical (unpaired) electrons. The summed E-state index contributed by atoms with van der Waals surface area (Å²) in [5.41, 5.74) is 0.172. The summed E-state index contributed by atoms with van der Waals surface area (Å²) in [7, 11) is -1.38. The van der Waals surface area contributed by atoms with E-state index in [0.29, 0.717) is 5.30 Å². The van der Waals surface area contributed by atoms with E-state index in [-0.39, 0.29) is 11.4 Å². The molecule has 1 rings (SSSR count). The second-order valence-corrected chi connectivity index (χ2v) is 5.69. The standard InChI is InChI=1S/C11H12NO3P/c1-4-16(14,5-2)9-6-7-10(12-13)11(8-9)15-3/h4-8H,1-2H2,3H3. The van der Waals surface area contributed by atoms with Crippen LogP contribution >= 0.6 is 7.14 Å². The van der Waals surface area contributed by atoms with Gasteiger partial charge in [0.1, 0.15) is 11.4 Å². The maximum atomic E-state index is 12.2. The molecule has 0 saturated heterocycles. The van der Waals surface area contributed by atoms with Gasteiger partial charge in [0.15, 0.2) is 7.14 Å². The van der Waals surface area contributed by atoms with Crippen LogP contribution in [0.4, 0.5) is 5.69 Å². The zero-order valence-electron chi connectivity index (χ0n) is 8.92. The molecule has 84 valence electrons. The maximum absolute atomic E-state index is 12.2. The molecule has 1 aromatic carbocycles. The van der Waals surface area contributed by atoms with Crippen molar-refractivity contribution in [3.63, 3.8) is 0 Å². The van der Waals surface area contributed by atoms with Gasteiger partial charge < -0.3 is 9.30 Å². The molecule has 0 atom stereocenters. The zero-order valence-corrected chi connectivity index (χ0v) is 9.81. The first kappa shape index (κ1) is 12.4. The van der Waals surface area contributed by atoms with E-state index in [0.717, 1.165) is 0 Å². The Morgan fingerprint density at radius 1 is 1.38 bits per heavy atom. The highest BCUT2D eigenvalue weighted by Gasteiger charge is 2.18. The normalized spacial score (nSPS) is 10.6. The minimum atomic E-state index is -2.80. The predicted octanol–water partition coefficient (Wildman–Crippen LogP) is 3.37. The molecule has 0 spiro atoms. The monoisotopic (exact) mass is 237 g/mol. The van der Waals surface area contributed by atoms with Crippen LogP contribution in [0.3, 0.4) is 0 Å². The smallest absolute Gasteiger partial charge is 0.156 e. The van der Waals surface area contributed by atoms with Crippen molar-refractivity contribution in [3.8, 4) is 5.75 Å². The number of hydrogen-bond donors (Lipinski definition) is 0. The summed E-state index contributed by atoms with van der Waals surface area (Å²) in [6.07, 6.45) is 0. The number of nitrogens with zero attached hydrogens (tertiary/aromatic N) is 1. The molecular formula is C11H12NO3P. The minimum absolute atomic E-state index is 0.172. The van der Waals surface area contributed by atoms with Crippen LogP contribution in [0.2, 0.25) is 0 Å². The first-order chi connectivity index (χ1) is 7.61. The molecular weight excluding hydrogens is 225 g/mol. The lowest BCUT2D eigenvalue weighted by molar-refractivity contribution is 0.416. The van der Waals surface area contributed by atoms with Gasteiger partial charge >= 0.3 is 0 Å². The van der Waals surface area contributed by atoms with Crippen LogP contribution < -0.4 is 10.0 Å². The molecule has 0 fully saturated rings. The maximum Gasteiger partial charge on any atom is 0.156 e. The Kier molecular flexibility index (Phi) is 3.80. The topological polar surface area (TPSA) is 55.7 Å². The van der Waals surface area contributed by atoms with Crippen LogP contribution in [0, 0.1) is 4.91 Å². The highest BCUT2D eigenvalue weighted by Crippen LogP contribution is 2.47. The van der Waals surface area contributed by atoms with Gasteiger partial charge in [0.05, 0.1) is 7.11 Å². The van der Waals surface area contributed by atoms with Crippen molar-refractivity contribution in [2.45, 2.75) is 0 Å². The van der Waals surface area contributed by atoms with E-state index < -0.39 is 7.14 Å². The Labute approximate surface area is 94.0 Å². The Hall–Kier alpha value is -1.67. The van der Waals surface area contributed by atoms with Crippen molar-refractivity contribution in [2.75, 3.05) is 7.11 Å². The number of nitroso groups, excluding NO2 is 1. The third-order valence-electron chi connectivity index (χ3n) is 2.21. The van der Waals surface area contributed by atoms with E-state index >= 15 is 0 Å². The highest BCUT2D eigenvalue weighted by atomic mass is 31.2. The SMILES string of the molecule is C=CP(=O)(C=C)c1ccc(N=O)c(OC)c1. The van der Waals surface area contributed by atoms with Gasteiger partial charge in [0.25, 0.3) is 0 Å². The third-order valence-corrected chi connectivity index (χ3v) is 4.38. The molecule has 0 bridgehead atoms. The van der Waals surface area contributed by atoms with Gasteiger partial charge in [-0.25, -0.2) is 0 Å². The molecule has 1 aromatic rings. The minimum Gasteiger partial charge on any atom is -0.494 e. The van der Waals surface area contributed by atoms with Crippen LogP contribution in [0.15, 0.2) is 48.2 Å². The molecule has 0 N–H and O–H groups in total. The Morgan fingerprint density at radius 2 is 2.00 bits per heavy atom. The van der Waals surface area contributed by atoms with E-state index in [1.807, 2.05) is 0 Å². The number of hydrogen-bond acceptors (Lipinski definition) is 4. The molecule has 5 heteroatoms. The van der Waals surface area contributed by atoms with Crippen molar-refractivity contribution in [2.24, 2.45) is 5.18 Å². The first-order valence-corrected chi connectivity index (χ1v) is 6.34. The lowest BCUT2D eigenvalue weighted by Gasteiger charge is -2.11. The van der Waals surface area contributed by atoms with E-state index in [2.05, 4.69) is 18.3 Å². The largest absolute Gasteiger partial charge is 0.494 e. The summed E-state index contributed by atoms with van der Waals surface area (Å²) in [5, 5.41) is 3.32. The molecule has 0 aliphatic rings. The van der Waals surface area contributed by atoms with Gasteiger partial charge in [-0.2, -0.15) is 0 Å². The summed E-state index contributed by atoms with van der Waals surface area (Å²) >= 11 is 0. The average Bonchev–Trinajstić information content (AvgIpc) is 2.36. The Morgan fingerprint density at radius 3 is 2.44 bits per heavy atom. The fraction of sp³-hybridized carbons (Fsp3) is 0.0909. The summed E-state index contributed by atoms with van der Waals surface area (Å²) < 4.78 is 17.2. The summed E-state index contributed by atoms with van der Waals surface area (Å²) in [6, 6.07) is 4.53. The Balaban J connectivity index is 3.38. The van der Waals surface area contributed by atoms with Crippen LogP contribution in [0.5, 0.6) is 5.75 Å². The molecule has 0 amide bonds. The molecule has 0 aliphatic heterocycles. The van der Waals surface area contributed by atoms with E-state index in [9.17, 15) is 9.47 Å². The highest BCUT2D eigenvalue weighted by molar-refractivity contribution is 7.77. The van der Waals surface area contributed by atoms with Crippen LogP contribution in [-0.4, -0.2) is 7.11 Å². The van der Waals surface area contributed by atoms with Crippen molar-refractivity contribution in [1.29, 1.82) is 0 Å². The fourth-order valence-corrected chi connectivity index (χ4v) is 2.44. The summed E-state index contributed by atoms with van der Waals surface area (Å²) in [6.45, 7) is 7.04. The van der Waals surface area contributed by atoms with Crippen molar-refractivity contribution < 1.29 is 9.30 Å². The predicted molar refractivity (Wildman–Crippen MR) is 66.1 cm³/mol. The lowest BCUT2D eigenvalue weighted by atomic mass is 10.3. The van der Waals surface area contributed by atoms with Crippen molar-refractivity contribution in [1.82, 2.24) is 0 Å². The quantitative estimate of drug-likeness (QED) is 0.582.